The fourth-order valence-electron chi connectivity index (χ4n) is 1.46. The summed E-state index contributed by atoms with van der Waals surface area (Å²) in [6.45, 7) is 0.710. The summed E-state index contributed by atoms with van der Waals surface area (Å²) < 4.78 is 5.12. The van der Waals surface area contributed by atoms with E-state index in [9.17, 15) is 4.79 Å². The van der Waals surface area contributed by atoms with Gasteiger partial charge < -0.3 is 10.1 Å². The molecule has 1 aromatic carbocycles. The SMILES string of the molecule is O=C(Nc1ccccc1)C1=COCCC1. The summed E-state index contributed by atoms with van der Waals surface area (Å²) in [5.41, 5.74) is 1.53. The molecule has 0 radical (unpaired) electrons. The average Bonchev–Trinajstić information content (AvgIpc) is 2.31. The van der Waals surface area contributed by atoms with Crippen LogP contribution in [0, 0.1) is 0 Å². The van der Waals surface area contributed by atoms with Crippen LogP contribution in [0.2, 0.25) is 0 Å². The summed E-state index contributed by atoms with van der Waals surface area (Å²) in [7, 11) is 0. The van der Waals surface area contributed by atoms with E-state index in [0.717, 1.165) is 18.5 Å². The van der Waals surface area contributed by atoms with E-state index < -0.39 is 0 Å². The molecule has 1 heterocycles. The Morgan fingerprint density at radius 1 is 1.27 bits per heavy atom. The van der Waals surface area contributed by atoms with Crippen molar-refractivity contribution in [2.75, 3.05) is 11.9 Å². The molecule has 0 aromatic heterocycles. The highest BCUT2D eigenvalue weighted by Gasteiger charge is 2.12. The van der Waals surface area contributed by atoms with Crippen molar-refractivity contribution in [2.24, 2.45) is 0 Å². The fraction of sp³-hybridized carbons (Fsp3) is 0.250. The fourth-order valence-corrected chi connectivity index (χ4v) is 1.46. The van der Waals surface area contributed by atoms with Gasteiger partial charge in [0.1, 0.15) is 0 Å². The summed E-state index contributed by atoms with van der Waals surface area (Å²) in [4.78, 5) is 11.7. The number of ether oxygens (including phenoxy) is 1. The number of amides is 1. The Balaban J connectivity index is 2.00. The van der Waals surface area contributed by atoms with E-state index in [1.807, 2.05) is 30.3 Å². The smallest absolute Gasteiger partial charge is 0.254 e. The molecule has 0 fully saturated rings. The van der Waals surface area contributed by atoms with Gasteiger partial charge in [-0.25, -0.2) is 0 Å². The summed E-state index contributed by atoms with van der Waals surface area (Å²) in [6.07, 6.45) is 3.26. The van der Waals surface area contributed by atoms with Gasteiger partial charge in [0.15, 0.2) is 0 Å². The van der Waals surface area contributed by atoms with Crippen molar-refractivity contribution in [1.29, 1.82) is 0 Å². The molecule has 0 unspecified atom stereocenters. The van der Waals surface area contributed by atoms with E-state index in [0.29, 0.717) is 12.2 Å². The van der Waals surface area contributed by atoms with Crippen molar-refractivity contribution in [2.45, 2.75) is 12.8 Å². The minimum absolute atomic E-state index is 0.0686. The lowest BCUT2D eigenvalue weighted by molar-refractivity contribution is -0.113. The molecule has 15 heavy (non-hydrogen) atoms. The van der Waals surface area contributed by atoms with Crippen molar-refractivity contribution < 1.29 is 9.53 Å². The van der Waals surface area contributed by atoms with E-state index in [4.69, 9.17) is 4.74 Å². The molecule has 0 saturated heterocycles. The minimum Gasteiger partial charge on any atom is -0.501 e. The van der Waals surface area contributed by atoms with Crippen molar-refractivity contribution >= 4 is 11.6 Å². The van der Waals surface area contributed by atoms with Gasteiger partial charge in [-0.05, 0) is 25.0 Å². The molecule has 0 spiro atoms. The lowest BCUT2D eigenvalue weighted by Crippen LogP contribution is -2.17. The Hall–Kier alpha value is -1.77. The predicted octanol–water partition coefficient (Wildman–Crippen LogP) is 2.32. The molecular weight excluding hydrogens is 190 g/mol. The van der Waals surface area contributed by atoms with Gasteiger partial charge in [0.05, 0.1) is 18.4 Å². The zero-order valence-electron chi connectivity index (χ0n) is 8.40. The first-order chi connectivity index (χ1) is 7.36. The van der Waals surface area contributed by atoms with Gasteiger partial charge in [-0.3, -0.25) is 4.79 Å². The average molecular weight is 203 g/mol. The Labute approximate surface area is 88.8 Å². The van der Waals surface area contributed by atoms with Crippen LogP contribution in [-0.4, -0.2) is 12.5 Å². The van der Waals surface area contributed by atoms with Crippen LogP contribution in [0.4, 0.5) is 5.69 Å². The van der Waals surface area contributed by atoms with Crippen LogP contribution in [0.15, 0.2) is 42.2 Å². The molecule has 1 N–H and O–H groups in total. The second-order valence-electron chi connectivity index (χ2n) is 3.44. The van der Waals surface area contributed by atoms with E-state index in [1.54, 1.807) is 6.26 Å². The Bertz CT molecular complexity index is 370. The number of anilines is 1. The molecule has 0 aliphatic carbocycles. The van der Waals surface area contributed by atoms with E-state index >= 15 is 0 Å². The highest BCUT2D eigenvalue weighted by molar-refractivity contribution is 6.03. The zero-order chi connectivity index (χ0) is 10.5. The number of carbonyl (C=O) groups is 1. The summed E-state index contributed by atoms with van der Waals surface area (Å²) in [6, 6.07) is 9.42. The highest BCUT2D eigenvalue weighted by atomic mass is 16.5. The van der Waals surface area contributed by atoms with Crippen LogP contribution < -0.4 is 5.32 Å². The summed E-state index contributed by atoms with van der Waals surface area (Å²) in [5, 5.41) is 2.82. The summed E-state index contributed by atoms with van der Waals surface area (Å²) in [5.74, 6) is -0.0686. The molecule has 3 heteroatoms. The number of hydrogen-bond acceptors (Lipinski definition) is 2. The van der Waals surface area contributed by atoms with Gasteiger partial charge in [-0.1, -0.05) is 18.2 Å². The van der Waals surface area contributed by atoms with Gasteiger partial charge in [-0.2, -0.15) is 0 Å². The van der Waals surface area contributed by atoms with Crippen LogP contribution in [0.25, 0.3) is 0 Å². The lowest BCUT2D eigenvalue weighted by Gasteiger charge is -2.13. The molecule has 1 aliphatic heterocycles. The monoisotopic (exact) mass is 203 g/mol. The minimum atomic E-state index is -0.0686. The molecule has 1 aliphatic rings. The highest BCUT2D eigenvalue weighted by Crippen LogP contribution is 2.14. The Morgan fingerprint density at radius 3 is 2.73 bits per heavy atom. The largest absolute Gasteiger partial charge is 0.501 e. The molecule has 0 bridgehead atoms. The van der Waals surface area contributed by atoms with Gasteiger partial charge in [0, 0.05) is 5.69 Å². The quantitative estimate of drug-likeness (QED) is 0.801. The number of benzene rings is 1. The van der Waals surface area contributed by atoms with Crippen molar-refractivity contribution in [3.63, 3.8) is 0 Å². The molecule has 1 aromatic rings. The number of rotatable bonds is 2. The second kappa shape index (κ2) is 4.64. The second-order valence-corrected chi connectivity index (χ2v) is 3.44. The van der Waals surface area contributed by atoms with Crippen LogP contribution >= 0.6 is 0 Å². The van der Waals surface area contributed by atoms with E-state index in [-0.39, 0.29) is 5.91 Å². The van der Waals surface area contributed by atoms with E-state index in [2.05, 4.69) is 5.32 Å². The lowest BCUT2D eigenvalue weighted by atomic mass is 10.1. The molecule has 3 nitrogen and oxygen atoms in total. The van der Waals surface area contributed by atoms with Crippen LogP contribution in [0.1, 0.15) is 12.8 Å². The van der Waals surface area contributed by atoms with Gasteiger partial charge in [0.2, 0.25) is 0 Å². The maximum absolute atomic E-state index is 11.7. The number of para-hydroxylation sites is 1. The summed E-state index contributed by atoms with van der Waals surface area (Å²) >= 11 is 0. The van der Waals surface area contributed by atoms with Crippen molar-refractivity contribution in [1.82, 2.24) is 0 Å². The molecule has 0 saturated carbocycles. The topological polar surface area (TPSA) is 38.3 Å². The molecule has 78 valence electrons. The normalized spacial score (nSPS) is 15.1. The van der Waals surface area contributed by atoms with E-state index in [1.165, 1.54) is 0 Å². The Morgan fingerprint density at radius 2 is 2.07 bits per heavy atom. The number of hydrogen-bond donors (Lipinski definition) is 1. The van der Waals surface area contributed by atoms with Gasteiger partial charge in [-0.15, -0.1) is 0 Å². The first-order valence-corrected chi connectivity index (χ1v) is 5.03. The van der Waals surface area contributed by atoms with Crippen LogP contribution in [0.5, 0.6) is 0 Å². The molecule has 1 amide bonds. The van der Waals surface area contributed by atoms with Gasteiger partial charge in [0.25, 0.3) is 5.91 Å². The molecule has 0 atom stereocenters. The maximum atomic E-state index is 11.7. The third-order valence-electron chi connectivity index (χ3n) is 2.26. The third kappa shape index (κ3) is 2.59. The Kier molecular flexibility index (Phi) is 3.02. The van der Waals surface area contributed by atoms with Crippen molar-refractivity contribution in [3.8, 4) is 0 Å². The van der Waals surface area contributed by atoms with Crippen LogP contribution in [0.3, 0.4) is 0 Å². The standard InChI is InChI=1S/C12H13NO2/c14-12(10-5-4-8-15-9-10)13-11-6-2-1-3-7-11/h1-3,6-7,9H,4-5,8H2,(H,13,14). The first-order valence-electron chi connectivity index (χ1n) is 5.03. The maximum Gasteiger partial charge on any atom is 0.254 e. The van der Waals surface area contributed by atoms with Gasteiger partial charge >= 0.3 is 0 Å². The van der Waals surface area contributed by atoms with Crippen LogP contribution in [-0.2, 0) is 9.53 Å². The number of carbonyl (C=O) groups excluding carboxylic acids is 1. The molecular formula is C12H13NO2. The number of nitrogens with one attached hydrogen (secondary N) is 1. The molecule has 2 rings (SSSR count). The first kappa shape index (κ1) is 9.77. The third-order valence-corrected chi connectivity index (χ3v) is 2.26. The van der Waals surface area contributed by atoms with Crippen molar-refractivity contribution in [3.05, 3.63) is 42.2 Å². The zero-order valence-corrected chi connectivity index (χ0v) is 8.40. The predicted molar refractivity (Wildman–Crippen MR) is 58.3 cm³/mol.